The summed E-state index contributed by atoms with van der Waals surface area (Å²) in [5, 5.41) is 14.4. The Labute approximate surface area is 114 Å². The lowest BCUT2D eigenvalue weighted by Crippen LogP contribution is -2.33. The number of halogens is 1. The molecule has 18 heavy (non-hydrogen) atoms. The summed E-state index contributed by atoms with van der Waals surface area (Å²) in [6, 6.07) is 4.31. The summed E-state index contributed by atoms with van der Waals surface area (Å²) in [4.78, 5) is 22.1. The number of carbonyl (C=O) groups excluding carboxylic acids is 1. The van der Waals surface area contributed by atoms with Crippen LogP contribution < -0.4 is 10.6 Å². The number of carboxylic acids is 1. The van der Waals surface area contributed by atoms with Crippen LogP contribution in [0.25, 0.3) is 0 Å². The summed E-state index contributed by atoms with van der Waals surface area (Å²) in [6.07, 6.45) is 0.286. The molecule has 0 saturated heterocycles. The van der Waals surface area contributed by atoms with E-state index in [9.17, 15) is 9.59 Å². The van der Waals surface area contributed by atoms with E-state index in [1.807, 2.05) is 0 Å². The lowest BCUT2D eigenvalue weighted by atomic mass is 10.2. The fourth-order valence-corrected chi connectivity index (χ4v) is 1.57. The second kappa shape index (κ2) is 6.32. The molecule has 0 radical (unpaired) electrons. The molecular formula is C11H11ClN2O3S. The molecule has 0 spiro atoms. The van der Waals surface area contributed by atoms with Crippen LogP contribution in [0.3, 0.4) is 0 Å². The van der Waals surface area contributed by atoms with Gasteiger partial charge < -0.3 is 15.7 Å². The first-order chi connectivity index (χ1) is 8.43. The Morgan fingerprint density at radius 1 is 1.44 bits per heavy atom. The second-order valence-electron chi connectivity index (χ2n) is 3.35. The van der Waals surface area contributed by atoms with Crippen molar-refractivity contribution in [3.8, 4) is 0 Å². The van der Waals surface area contributed by atoms with Crippen molar-refractivity contribution in [3.05, 3.63) is 28.8 Å². The number of aromatic carboxylic acids is 1. The fraction of sp³-hybridized carbons (Fsp3) is 0.182. The zero-order valence-corrected chi connectivity index (χ0v) is 11.1. The fourth-order valence-electron chi connectivity index (χ4n) is 1.17. The number of hydrogen-bond donors (Lipinski definition) is 3. The Morgan fingerprint density at radius 2 is 2.11 bits per heavy atom. The molecule has 0 aliphatic carbocycles. The number of anilines is 1. The monoisotopic (exact) mass is 286 g/mol. The lowest BCUT2D eigenvalue weighted by molar-refractivity contribution is -0.119. The Kier molecular flexibility index (Phi) is 5.06. The molecule has 96 valence electrons. The van der Waals surface area contributed by atoms with Gasteiger partial charge in [-0.15, -0.1) is 0 Å². The Morgan fingerprint density at radius 3 is 2.67 bits per heavy atom. The number of hydrogen-bond acceptors (Lipinski definition) is 3. The molecule has 0 aromatic heterocycles. The predicted molar refractivity (Wildman–Crippen MR) is 73.1 cm³/mol. The maximum atomic E-state index is 11.1. The number of carboxylic acid groups (broad SMARTS) is 1. The predicted octanol–water partition coefficient (Wildman–Crippen LogP) is 2.26. The van der Waals surface area contributed by atoms with Crippen LogP contribution in [0.4, 0.5) is 5.69 Å². The van der Waals surface area contributed by atoms with Crippen LogP contribution in [0.1, 0.15) is 23.7 Å². The topological polar surface area (TPSA) is 78.4 Å². The van der Waals surface area contributed by atoms with E-state index in [4.69, 9.17) is 28.9 Å². The van der Waals surface area contributed by atoms with E-state index in [1.165, 1.54) is 18.2 Å². The molecule has 3 N–H and O–H groups in total. The van der Waals surface area contributed by atoms with Crippen molar-refractivity contribution in [3.63, 3.8) is 0 Å². The van der Waals surface area contributed by atoms with E-state index < -0.39 is 5.97 Å². The van der Waals surface area contributed by atoms with Gasteiger partial charge in [0, 0.05) is 11.4 Å². The molecule has 1 rings (SSSR count). The Hall–Kier alpha value is -1.66. The third-order valence-electron chi connectivity index (χ3n) is 2.03. The zero-order chi connectivity index (χ0) is 13.7. The van der Waals surface area contributed by atoms with Gasteiger partial charge in [0.1, 0.15) is 0 Å². The Bertz CT molecular complexity index is 505. The molecule has 1 aromatic rings. The number of carbonyl (C=O) groups is 2. The van der Waals surface area contributed by atoms with Gasteiger partial charge in [-0.3, -0.25) is 4.79 Å². The SMILES string of the molecule is CCC(=O)NC(=S)Nc1ccc(Cl)cc1C(=O)O. The van der Waals surface area contributed by atoms with Gasteiger partial charge in [-0.2, -0.15) is 0 Å². The highest BCUT2D eigenvalue weighted by Crippen LogP contribution is 2.20. The molecule has 0 aliphatic heterocycles. The van der Waals surface area contributed by atoms with Gasteiger partial charge in [-0.05, 0) is 30.4 Å². The molecule has 5 nitrogen and oxygen atoms in total. The smallest absolute Gasteiger partial charge is 0.337 e. The summed E-state index contributed by atoms with van der Waals surface area (Å²) in [7, 11) is 0. The van der Waals surface area contributed by atoms with Crippen molar-refractivity contribution < 1.29 is 14.7 Å². The molecule has 1 amide bonds. The van der Waals surface area contributed by atoms with E-state index in [0.29, 0.717) is 5.02 Å². The largest absolute Gasteiger partial charge is 0.478 e. The molecule has 7 heteroatoms. The molecule has 1 aromatic carbocycles. The average Bonchev–Trinajstić information content (AvgIpc) is 2.30. The molecule has 0 saturated carbocycles. The first-order valence-electron chi connectivity index (χ1n) is 5.07. The molecular weight excluding hydrogens is 276 g/mol. The molecule has 0 heterocycles. The van der Waals surface area contributed by atoms with Gasteiger partial charge in [0.25, 0.3) is 0 Å². The van der Waals surface area contributed by atoms with Gasteiger partial charge in [0.2, 0.25) is 5.91 Å². The number of amides is 1. The van der Waals surface area contributed by atoms with Gasteiger partial charge in [-0.1, -0.05) is 18.5 Å². The van der Waals surface area contributed by atoms with Crippen LogP contribution in [-0.4, -0.2) is 22.1 Å². The highest BCUT2D eigenvalue weighted by molar-refractivity contribution is 7.80. The minimum absolute atomic E-state index is 0.0180. The maximum absolute atomic E-state index is 11.1. The van der Waals surface area contributed by atoms with Crippen LogP contribution in [0.15, 0.2) is 18.2 Å². The number of nitrogens with one attached hydrogen (secondary N) is 2. The quantitative estimate of drug-likeness (QED) is 0.743. The van der Waals surface area contributed by atoms with Crippen LogP contribution in [-0.2, 0) is 4.79 Å². The van der Waals surface area contributed by atoms with E-state index in [-0.39, 0.29) is 28.7 Å². The van der Waals surface area contributed by atoms with Gasteiger partial charge in [0.15, 0.2) is 5.11 Å². The molecule has 0 fully saturated rings. The normalized spacial score (nSPS) is 9.67. The van der Waals surface area contributed by atoms with E-state index in [1.54, 1.807) is 6.92 Å². The average molecular weight is 287 g/mol. The molecule has 0 aliphatic rings. The lowest BCUT2D eigenvalue weighted by Gasteiger charge is -2.11. The summed E-state index contributed by atoms with van der Waals surface area (Å²) < 4.78 is 0. The Balaban J connectivity index is 2.87. The van der Waals surface area contributed by atoms with Crippen molar-refractivity contribution in [2.24, 2.45) is 0 Å². The first kappa shape index (κ1) is 14.4. The highest BCUT2D eigenvalue weighted by atomic mass is 35.5. The van der Waals surface area contributed by atoms with Gasteiger partial charge in [0.05, 0.1) is 11.3 Å². The summed E-state index contributed by atoms with van der Waals surface area (Å²) in [6.45, 7) is 1.68. The first-order valence-corrected chi connectivity index (χ1v) is 5.86. The van der Waals surface area contributed by atoms with E-state index in [2.05, 4.69) is 10.6 Å². The van der Waals surface area contributed by atoms with Crippen LogP contribution in [0.2, 0.25) is 5.02 Å². The van der Waals surface area contributed by atoms with Gasteiger partial charge >= 0.3 is 5.97 Å². The van der Waals surface area contributed by atoms with Crippen molar-refractivity contribution in [1.29, 1.82) is 0 Å². The van der Waals surface area contributed by atoms with Crippen LogP contribution in [0.5, 0.6) is 0 Å². The highest BCUT2D eigenvalue weighted by Gasteiger charge is 2.12. The zero-order valence-electron chi connectivity index (χ0n) is 9.49. The minimum atomic E-state index is -1.13. The maximum Gasteiger partial charge on any atom is 0.337 e. The molecule has 0 bridgehead atoms. The van der Waals surface area contributed by atoms with E-state index in [0.717, 1.165) is 0 Å². The summed E-state index contributed by atoms with van der Waals surface area (Å²) in [5.41, 5.74) is 0.254. The van der Waals surface area contributed by atoms with Crippen molar-refractivity contribution in [2.75, 3.05) is 5.32 Å². The number of benzene rings is 1. The standard InChI is InChI=1S/C11H11ClN2O3S/c1-2-9(15)14-11(18)13-8-4-3-6(12)5-7(8)10(16)17/h3-5H,2H2,1H3,(H,16,17)(H2,13,14,15,18). The summed E-state index contributed by atoms with van der Waals surface area (Å²) >= 11 is 10.6. The van der Waals surface area contributed by atoms with Crippen molar-refractivity contribution >= 4 is 46.5 Å². The van der Waals surface area contributed by atoms with Crippen LogP contribution in [0, 0.1) is 0 Å². The minimum Gasteiger partial charge on any atom is -0.478 e. The van der Waals surface area contributed by atoms with Gasteiger partial charge in [-0.25, -0.2) is 4.79 Å². The third-order valence-corrected chi connectivity index (χ3v) is 2.47. The second-order valence-corrected chi connectivity index (χ2v) is 4.20. The molecule has 0 atom stereocenters. The van der Waals surface area contributed by atoms with Crippen LogP contribution >= 0.6 is 23.8 Å². The van der Waals surface area contributed by atoms with E-state index >= 15 is 0 Å². The van der Waals surface area contributed by atoms with Crippen molar-refractivity contribution in [1.82, 2.24) is 5.32 Å². The van der Waals surface area contributed by atoms with Crippen molar-refractivity contribution in [2.45, 2.75) is 13.3 Å². The molecule has 0 unspecified atom stereocenters. The third kappa shape index (κ3) is 3.97. The number of thiocarbonyl (C=S) groups is 1. The number of rotatable bonds is 3. The summed E-state index contributed by atoms with van der Waals surface area (Å²) in [5.74, 6) is -1.39.